The molecule has 0 aliphatic carbocycles. The minimum absolute atomic E-state index is 0.0234. The van der Waals surface area contributed by atoms with Crippen LogP contribution in [0, 0.1) is 16.0 Å². The van der Waals surface area contributed by atoms with Gasteiger partial charge in [-0.05, 0) is 25.1 Å². The number of hydrogen-bond acceptors (Lipinski definition) is 6. The van der Waals surface area contributed by atoms with Crippen molar-refractivity contribution in [3.05, 3.63) is 27.8 Å². The summed E-state index contributed by atoms with van der Waals surface area (Å²) < 4.78 is 6.45. The van der Waals surface area contributed by atoms with Gasteiger partial charge in [-0.15, -0.1) is 11.3 Å². The lowest BCUT2D eigenvalue weighted by molar-refractivity contribution is -0.384. The van der Waals surface area contributed by atoms with E-state index in [0.717, 1.165) is 24.2 Å². The summed E-state index contributed by atoms with van der Waals surface area (Å²) in [6.07, 6.45) is 1.05. The van der Waals surface area contributed by atoms with E-state index in [0.29, 0.717) is 23.8 Å². The fourth-order valence-corrected chi connectivity index (χ4v) is 2.93. The Morgan fingerprint density at radius 3 is 3.21 bits per heavy atom. The third kappa shape index (κ3) is 2.39. The molecule has 1 N–H and O–H groups in total. The highest BCUT2D eigenvalue weighted by Gasteiger charge is 2.23. The molecule has 0 radical (unpaired) electrons. The van der Waals surface area contributed by atoms with Gasteiger partial charge >= 0.3 is 5.69 Å². The summed E-state index contributed by atoms with van der Waals surface area (Å²) in [6.45, 7) is 2.40. The standard InChI is InChI=1S/C12H13N3O3S/c16-15(17)12-9(18-6-8-3-4-13-5-8)1-2-10-11(12)14-7-19-10/h1-2,7-8,13H,3-6H2. The second kappa shape index (κ2) is 5.10. The molecule has 1 aromatic heterocycles. The average Bonchev–Trinajstić information content (AvgIpc) is 3.06. The van der Waals surface area contributed by atoms with Gasteiger partial charge in [-0.25, -0.2) is 4.98 Å². The quantitative estimate of drug-likeness (QED) is 0.685. The smallest absolute Gasteiger partial charge is 0.337 e. The monoisotopic (exact) mass is 279 g/mol. The van der Waals surface area contributed by atoms with E-state index in [2.05, 4.69) is 10.3 Å². The first-order valence-electron chi connectivity index (χ1n) is 6.10. The molecule has 0 saturated carbocycles. The Balaban J connectivity index is 1.88. The van der Waals surface area contributed by atoms with Crippen molar-refractivity contribution in [2.45, 2.75) is 6.42 Å². The molecule has 6 nitrogen and oxygen atoms in total. The number of rotatable bonds is 4. The van der Waals surface area contributed by atoms with Crippen LogP contribution in [0.1, 0.15) is 6.42 Å². The molecule has 1 aromatic carbocycles. The summed E-state index contributed by atoms with van der Waals surface area (Å²) in [4.78, 5) is 14.9. The first-order valence-corrected chi connectivity index (χ1v) is 6.98. The van der Waals surface area contributed by atoms with Crippen LogP contribution in [0.25, 0.3) is 10.2 Å². The zero-order valence-electron chi connectivity index (χ0n) is 10.2. The molecule has 1 saturated heterocycles. The number of thiazole rings is 1. The van der Waals surface area contributed by atoms with E-state index < -0.39 is 4.92 Å². The minimum atomic E-state index is -0.412. The number of benzene rings is 1. The van der Waals surface area contributed by atoms with Crippen LogP contribution in [0.2, 0.25) is 0 Å². The third-order valence-electron chi connectivity index (χ3n) is 3.26. The van der Waals surface area contributed by atoms with Crippen LogP contribution in [-0.4, -0.2) is 29.6 Å². The molecule has 1 atom stereocenters. The summed E-state index contributed by atoms with van der Waals surface area (Å²) in [5, 5.41) is 14.5. The molecule has 1 unspecified atom stereocenters. The van der Waals surface area contributed by atoms with E-state index >= 15 is 0 Å². The Kier molecular flexibility index (Phi) is 3.31. The van der Waals surface area contributed by atoms with Gasteiger partial charge < -0.3 is 10.1 Å². The first-order chi connectivity index (χ1) is 9.25. The number of aromatic nitrogens is 1. The van der Waals surface area contributed by atoms with Crippen molar-refractivity contribution in [2.75, 3.05) is 19.7 Å². The number of hydrogen-bond donors (Lipinski definition) is 1. The predicted octanol–water partition coefficient (Wildman–Crippen LogP) is 2.19. The minimum Gasteiger partial charge on any atom is -0.486 e. The molecule has 1 aliphatic rings. The maximum Gasteiger partial charge on any atom is 0.337 e. The van der Waals surface area contributed by atoms with Crippen molar-refractivity contribution < 1.29 is 9.66 Å². The van der Waals surface area contributed by atoms with Crippen molar-refractivity contribution >= 4 is 27.2 Å². The molecule has 2 aromatic rings. The largest absolute Gasteiger partial charge is 0.486 e. The van der Waals surface area contributed by atoms with Crippen molar-refractivity contribution in [2.24, 2.45) is 5.92 Å². The number of nitrogens with one attached hydrogen (secondary N) is 1. The number of nitrogens with zero attached hydrogens (tertiary/aromatic N) is 2. The Hall–Kier alpha value is -1.73. The third-order valence-corrected chi connectivity index (χ3v) is 4.05. The number of nitro benzene ring substituents is 1. The Morgan fingerprint density at radius 1 is 1.58 bits per heavy atom. The lowest BCUT2D eigenvalue weighted by Crippen LogP contribution is -2.15. The van der Waals surface area contributed by atoms with Gasteiger partial charge in [-0.1, -0.05) is 0 Å². The highest BCUT2D eigenvalue weighted by molar-refractivity contribution is 7.16. The van der Waals surface area contributed by atoms with E-state index in [4.69, 9.17) is 4.74 Å². The zero-order chi connectivity index (χ0) is 13.2. The predicted molar refractivity (Wildman–Crippen MR) is 72.7 cm³/mol. The summed E-state index contributed by atoms with van der Waals surface area (Å²) >= 11 is 1.39. The molecular formula is C12H13N3O3S. The summed E-state index contributed by atoms with van der Waals surface area (Å²) in [5.41, 5.74) is 2.00. The van der Waals surface area contributed by atoms with Crippen LogP contribution in [0.4, 0.5) is 5.69 Å². The van der Waals surface area contributed by atoms with Gasteiger partial charge in [0.1, 0.15) is 0 Å². The maximum atomic E-state index is 11.2. The molecule has 1 aliphatic heterocycles. The molecule has 3 rings (SSSR count). The van der Waals surface area contributed by atoms with Crippen LogP contribution < -0.4 is 10.1 Å². The van der Waals surface area contributed by atoms with Crippen molar-refractivity contribution in [1.82, 2.24) is 10.3 Å². The van der Waals surface area contributed by atoms with E-state index in [1.165, 1.54) is 11.3 Å². The highest BCUT2D eigenvalue weighted by Crippen LogP contribution is 2.36. The Bertz CT molecular complexity index is 607. The fourth-order valence-electron chi connectivity index (χ4n) is 2.26. The SMILES string of the molecule is O=[N+]([O-])c1c(OCC2CCNC2)ccc2scnc12. The average molecular weight is 279 g/mol. The maximum absolute atomic E-state index is 11.2. The molecule has 19 heavy (non-hydrogen) atoms. The van der Waals surface area contributed by atoms with E-state index in [9.17, 15) is 10.1 Å². The van der Waals surface area contributed by atoms with E-state index in [1.54, 1.807) is 11.6 Å². The van der Waals surface area contributed by atoms with Gasteiger partial charge in [-0.2, -0.15) is 0 Å². The van der Waals surface area contributed by atoms with Crippen molar-refractivity contribution in [3.63, 3.8) is 0 Å². The summed E-state index contributed by atoms with van der Waals surface area (Å²) in [6, 6.07) is 3.49. The second-order valence-corrected chi connectivity index (χ2v) is 5.42. The lowest BCUT2D eigenvalue weighted by Gasteiger charge is -2.11. The van der Waals surface area contributed by atoms with Crippen LogP contribution in [-0.2, 0) is 0 Å². The lowest BCUT2D eigenvalue weighted by atomic mass is 10.1. The molecule has 2 heterocycles. The topological polar surface area (TPSA) is 77.3 Å². The van der Waals surface area contributed by atoms with Gasteiger partial charge in [0.25, 0.3) is 0 Å². The fraction of sp³-hybridized carbons (Fsp3) is 0.417. The first kappa shape index (κ1) is 12.3. The van der Waals surface area contributed by atoms with Gasteiger partial charge in [0.05, 0.1) is 21.7 Å². The van der Waals surface area contributed by atoms with Crippen LogP contribution >= 0.6 is 11.3 Å². The highest BCUT2D eigenvalue weighted by atomic mass is 32.1. The number of fused-ring (bicyclic) bond motifs is 1. The van der Waals surface area contributed by atoms with E-state index in [-0.39, 0.29) is 5.69 Å². The number of nitro groups is 1. The molecular weight excluding hydrogens is 266 g/mol. The van der Waals surface area contributed by atoms with Gasteiger partial charge in [0, 0.05) is 12.5 Å². The van der Waals surface area contributed by atoms with Gasteiger partial charge in [0.2, 0.25) is 0 Å². The van der Waals surface area contributed by atoms with Crippen LogP contribution in [0.5, 0.6) is 5.75 Å². The summed E-state index contributed by atoms with van der Waals surface area (Å²) in [7, 11) is 0. The van der Waals surface area contributed by atoms with Crippen LogP contribution in [0.15, 0.2) is 17.6 Å². The molecule has 100 valence electrons. The van der Waals surface area contributed by atoms with Crippen molar-refractivity contribution in [1.29, 1.82) is 0 Å². The summed E-state index contributed by atoms with van der Waals surface area (Å²) in [5.74, 6) is 0.737. The van der Waals surface area contributed by atoms with Crippen molar-refractivity contribution in [3.8, 4) is 5.75 Å². The molecule has 0 bridgehead atoms. The van der Waals surface area contributed by atoms with E-state index in [1.807, 2.05) is 6.07 Å². The molecule has 0 amide bonds. The zero-order valence-corrected chi connectivity index (χ0v) is 11.0. The Morgan fingerprint density at radius 2 is 2.47 bits per heavy atom. The molecule has 7 heteroatoms. The molecule has 1 fully saturated rings. The molecule has 0 spiro atoms. The van der Waals surface area contributed by atoms with Gasteiger partial charge in [0.15, 0.2) is 11.3 Å². The number of ether oxygens (including phenoxy) is 1. The van der Waals surface area contributed by atoms with Crippen LogP contribution in [0.3, 0.4) is 0 Å². The normalized spacial score (nSPS) is 18.8. The van der Waals surface area contributed by atoms with Gasteiger partial charge in [-0.3, -0.25) is 10.1 Å². The Labute approximate surface area is 113 Å². The second-order valence-electron chi connectivity index (χ2n) is 4.54.